The highest BCUT2D eigenvalue weighted by Crippen LogP contribution is 2.31. The zero-order valence-electron chi connectivity index (χ0n) is 54.8. The molecule has 0 saturated carbocycles. The van der Waals surface area contributed by atoms with E-state index in [1.165, 1.54) is 7.11 Å². The van der Waals surface area contributed by atoms with Gasteiger partial charge in [-0.15, -0.1) is 30.6 Å². The summed E-state index contributed by atoms with van der Waals surface area (Å²) in [6.45, 7) is 12.7. The van der Waals surface area contributed by atoms with E-state index in [1.54, 1.807) is 141 Å². The molecule has 6 bridgehead atoms. The Bertz CT molecular complexity index is 4260. The molecule has 0 aliphatic carbocycles. The lowest BCUT2D eigenvalue weighted by molar-refractivity contribution is 0.0546. The second-order valence-corrected chi connectivity index (χ2v) is 24.6. The monoisotopic (exact) mass is 1290 g/mol. The Morgan fingerprint density at radius 1 is 0.463 bits per heavy atom. The molecule has 5 amide bonds. The largest absolute Gasteiger partial charge is 0.497 e. The van der Waals surface area contributed by atoms with Gasteiger partial charge in [-0.05, 0) is 182 Å². The molecule has 3 aliphatic heterocycles. The Morgan fingerprint density at radius 2 is 0.884 bits per heavy atom. The fourth-order valence-corrected chi connectivity index (χ4v) is 10.8. The number of methoxy groups -OCH3 is 3. The predicted molar refractivity (Wildman–Crippen MR) is 355 cm³/mol. The van der Waals surface area contributed by atoms with Gasteiger partial charge in [0, 0.05) is 36.3 Å². The van der Waals surface area contributed by atoms with E-state index in [1.807, 2.05) is 68.3 Å². The average molecular weight is 1290 g/mol. The van der Waals surface area contributed by atoms with Crippen molar-refractivity contribution in [3.63, 3.8) is 0 Å². The number of pyridine rings is 3. The zero-order valence-corrected chi connectivity index (χ0v) is 54.8. The average Bonchev–Trinajstić information content (AvgIpc) is 1.29. The van der Waals surface area contributed by atoms with E-state index in [4.69, 9.17) is 23.7 Å². The lowest BCUT2D eigenvalue weighted by Crippen LogP contribution is -2.42. The summed E-state index contributed by atoms with van der Waals surface area (Å²) in [6.07, 6.45) is 16.1. The summed E-state index contributed by atoms with van der Waals surface area (Å²) >= 11 is 0. The number of rotatable bonds is 3. The molecule has 492 valence electrons. The summed E-state index contributed by atoms with van der Waals surface area (Å²) in [5.41, 5.74) is 4.05. The summed E-state index contributed by atoms with van der Waals surface area (Å²) in [6, 6.07) is 32.0. The molecule has 0 unspecified atom stereocenters. The molecule has 25 nitrogen and oxygen atoms in total. The number of aromatic nitrogens is 12. The van der Waals surface area contributed by atoms with Gasteiger partial charge in [-0.2, -0.15) is 9.80 Å². The van der Waals surface area contributed by atoms with Crippen molar-refractivity contribution in [1.29, 1.82) is 0 Å². The molecule has 0 fully saturated rings. The number of nitrogens with zero attached hydrogens (tertiary/aromatic N) is 14. The Balaban J connectivity index is 0.000000156. The molecule has 1 N–H and O–H groups in total. The molecule has 0 atom stereocenters. The van der Waals surface area contributed by atoms with Gasteiger partial charge in [0.25, 0.3) is 17.7 Å². The number of allylic oxidation sites excluding steroid dienone is 2. The standard InChI is InChI=1S/C25H29N5O4.C25H27N5O4.C20H21N5O2/c2*1-25(2,3)34-24(32)30-21-11-8-10-20(27-21)22-28-26-16-29(22)14-7-5-6-9-17-12-13-18(33-4)15-19(17)23(30)31;1-27-15-10-9-14-6-3-2-4-11-25-13-21-24-19(25)17-7-5-8-18(22-17)23-20(26)16(14)12-15/h8,10-13,15-16H,5-7,9,14H2,1-4H3;5-6,8,10-13,15-16H,7,9,14H2,1-4H3;5,7-10,12-13H,2-4,6,11H2,1H3,(H,22,23,26)/b;6-5+;. The molecule has 9 aromatic rings. The van der Waals surface area contributed by atoms with Gasteiger partial charge in [0.15, 0.2) is 17.5 Å². The van der Waals surface area contributed by atoms with Crippen LogP contribution >= 0.6 is 0 Å². The first-order chi connectivity index (χ1) is 45.8. The summed E-state index contributed by atoms with van der Waals surface area (Å²) in [7, 11) is 4.67. The molecule has 9 heterocycles. The van der Waals surface area contributed by atoms with Gasteiger partial charge in [0.2, 0.25) is 0 Å². The van der Waals surface area contributed by atoms with Crippen LogP contribution in [0.2, 0.25) is 0 Å². The number of carbonyl (C=O) groups is 5. The van der Waals surface area contributed by atoms with Crippen molar-refractivity contribution < 1.29 is 47.7 Å². The Kier molecular flexibility index (Phi) is 21.3. The van der Waals surface area contributed by atoms with Gasteiger partial charge in [-0.25, -0.2) is 24.5 Å². The van der Waals surface area contributed by atoms with E-state index in [2.05, 4.69) is 50.9 Å². The van der Waals surface area contributed by atoms with Crippen molar-refractivity contribution in [3.8, 4) is 51.8 Å². The number of hydrogen-bond acceptors (Lipinski definition) is 19. The molecule has 0 saturated heterocycles. The first kappa shape index (κ1) is 66.9. The van der Waals surface area contributed by atoms with Gasteiger partial charge >= 0.3 is 12.2 Å². The smallest absolute Gasteiger partial charge is 0.423 e. The minimum Gasteiger partial charge on any atom is -0.497 e. The van der Waals surface area contributed by atoms with E-state index >= 15 is 0 Å². The summed E-state index contributed by atoms with van der Waals surface area (Å²) in [4.78, 5) is 83.0. The maximum atomic E-state index is 13.9. The van der Waals surface area contributed by atoms with E-state index < -0.39 is 35.2 Å². The Morgan fingerprint density at radius 3 is 1.36 bits per heavy atom. The third-order valence-corrected chi connectivity index (χ3v) is 15.4. The van der Waals surface area contributed by atoms with Crippen LogP contribution in [0.1, 0.15) is 134 Å². The quantitative estimate of drug-likeness (QED) is 0.161. The number of carbonyl (C=O) groups excluding carboxylic acids is 5. The van der Waals surface area contributed by atoms with Crippen LogP contribution in [0.15, 0.2) is 140 Å². The third-order valence-electron chi connectivity index (χ3n) is 15.4. The topological polar surface area (TPSA) is 281 Å². The fourth-order valence-electron chi connectivity index (χ4n) is 10.8. The van der Waals surface area contributed by atoms with Crippen LogP contribution in [0.4, 0.5) is 27.0 Å². The van der Waals surface area contributed by atoms with Crippen LogP contribution in [0.5, 0.6) is 17.2 Å². The van der Waals surface area contributed by atoms with Crippen LogP contribution in [0.3, 0.4) is 0 Å². The molecule has 0 radical (unpaired) electrons. The third kappa shape index (κ3) is 16.8. The second kappa shape index (κ2) is 30.2. The minimum atomic E-state index is -0.819. The van der Waals surface area contributed by atoms with Crippen molar-refractivity contribution >= 4 is 47.4 Å². The second-order valence-electron chi connectivity index (χ2n) is 24.6. The maximum absolute atomic E-state index is 13.9. The highest BCUT2D eigenvalue weighted by atomic mass is 16.6. The molecule has 6 aromatic heterocycles. The lowest BCUT2D eigenvalue weighted by atomic mass is 9.99. The van der Waals surface area contributed by atoms with Crippen LogP contribution in [0, 0.1) is 0 Å². The van der Waals surface area contributed by atoms with Crippen molar-refractivity contribution in [3.05, 3.63) is 174 Å². The SMILES string of the molecule is COc1ccc2c(c1)C(=O)N(C(=O)OC(C)(C)C)c1cccc(n1)-c1nncn1CC/C=C/C2.COc1ccc2c(c1)C(=O)N(C(=O)OC(C)(C)C)c1cccc(n1)-c1nncn1CCCCC2.COc1ccc2c(c1)C(=O)Nc1cccc(n1)-c1nncn1CCCCC2. The van der Waals surface area contributed by atoms with Crippen LogP contribution in [-0.4, -0.2) is 122 Å². The van der Waals surface area contributed by atoms with Crippen LogP contribution in [-0.2, 0) is 48.4 Å². The number of hydrogen-bond donors (Lipinski definition) is 1. The van der Waals surface area contributed by atoms with E-state index in [0.29, 0.717) is 93.7 Å². The highest BCUT2D eigenvalue weighted by molar-refractivity contribution is 6.20. The first-order valence-electron chi connectivity index (χ1n) is 31.5. The van der Waals surface area contributed by atoms with E-state index in [-0.39, 0.29) is 17.5 Å². The van der Waals surface area contributed by atoms with Gasteiger partial charge in [-0.3, -0.25) is 14.4 Å². The van der Waals surface area contributed by atoms with Gasteiger partial charge in [0.05, 0.1) is 21.3 Å². The molecule has 3 aliphatic rings. The predicted octanol–water partition coefficient (Wildman–Crippen LogP) is 12.4. The fraction of sp³-hybridized carbons (Fsp3) is 0.343. The molecule has 12 rings (SSSR count). The minimum absolute atomic E-state index is 0.132. The van der Waals surface area contributed by atoms with Gasteiger partial charge < -0.3 is 42.7 Å². The molecule has 0 spiro atoms. The molecular formula is C70H77N15O10. The van der Waals surface area contributed by atoms with E-state index in [9.17, 15) is 24.0 Å². The van der Waals surface area contributed by atoms with Crippen molar-refractivity contribution in [2.75, 3.05) is 36.4 Å². The van der Waals surface area contributed by atoms with Gasteiger partial charge in [-0.1, -0.05) is 61.4 Å². The first-order valence-corrected chi connectivity index (χ1v) is 31.5. The van der Waals surface area contributed by atoms with Crippen molar-refractivity contribution in [2.24, 2.45) is 0 Å². The normalized spacial score (nSPS) is 14.7. The molecule has 95 heavy (non-hydrogen) atoms. The summed E-state index contributed by atoms with van der Waals surface area (Å²) in [5.74, 6) is 3.05. The van der Waals surface area contributed by atoms with Gasteiger partial charge in [0.1, 0.15) is 82.0 Å². The Labute approximate surface area is 550 Å². The number of benzene rings is 3. The van der Waals surface area contributed by atoms with Crippen molar-refractivity contribution in [2.45, 2.75) is 137 Å². The summed E-state index contributed by atoms with van der Waals surface area (Å²) < 4.78 is 33.0. The van der Waals surface area contributed by atoms with Crippen LogP contribution < -0.4 is 29.3 Å². The molecular weight excluding hydrogens is 1210 g/mol. The number of imide groups is 2. The number of ether oxygens (including phenoxy) is 5. The molecule has 25 heteroatoms. The number of anilines is 3. The number of nitrogens with one attached hydrogen (secondary N) is 1. The lowest BCUT2D eigenvalue weighted by Gasteiger charge is -2.26. The van der Waals surface area contributed by atoms with Crippen LogP contribution in [0.25, 0.3) is 34.6 Å². The zero-order chi connectivity index (χ0) is 67.2. The number of amides is 5. The highest BCUT2D eigenvalue weighted by Gasteiger charge is 2.35. The maximum Gasteiger partial charge on any atom is 0.423 e. The number of fused-ring (bicyclic) bond motifs is 15. The number of aryl methyl sites for hydroxylation is 5. The molecule has 3 aromatic carbocycles. The summed E-state index contributed by atoms with van der Waals surface area (Å²) in [5, 5.41) is 27.6. The Hall–Kier alpha value is -11.0. The van der Waals surface area contributed by atoms with E-state index in [0.717, 1.165) is 90.9 Å². The van der Waals surface area contributed by atoms with Crippen molar-refractivity contribution in [1.82, 2.24) is 59.2 Å².